The van der Waals surface area contributed by atoms with Crippen LogP contribution in [0.2, 0.25) is 0 Å². The van der Waals surface area contributed by atoms with Gasteiger partial charge in [0.2, 0.25) is 0 Å². The normalized spacial score (nSPS) is 19.1. The van der Waals surface area contributed by atoms with Crippen molar-refractivity contribution in [1.82, 2.24) is 15.2 Å². The van der Waals surface area contributed by atoms with Crippen LogP contribution in [0.15, 0.2) is 40.7 Å². The molecule has 0 bridgehead atoms. The lowest BCUT2D eigenvalue weighted by molar-refractivity contribution is 0.353. The fraction of sp³-hybridized carbons (Fsp3) is 0.474. The van der Waals surface area contributed by atoms with Gasteiger partial charge in [0.1, 0.15) is 5.01 Å². The Morgan fingerprint density at radius 3 is 2.74 bits per heavy atom. The lowest BCUT2D eigenvalue weighted by atomic mass is 10.2. The third-order valence-corrected chi connectivity index (χ3v) is 8.11. The Hall–Kier alpha value is -1.93. The van der Waals surface area contributed by atoms with Crippen molar-refractivity contribution in [3.8, 4) is 10.6 Å². The zero-order valence-electron chi connectivity index (χ0n) is 16.0. The molecule has 1 aliphatic heterocycles. The van der Waals surface area contributed by atoms with E-state index < -0.39 is 14.6 Å². The Kier molecular flexibility index (Phi) is 5.86. The van der Waals surface area contributed by atoms with E-state index in [-0.39, 0.29) is 5.75 Å². The zero-order valence-corrected chi connectivity index (χ0v) is 17.6. The fourth-order valence-corrected chi connectivity index (χ4v) is 5.18. The summed E-state index contributed by atoms with van der Waals surface area (Å²) >= 11 is 1.61. The van der Waals surface area contributed by atoms with E-state index in [1.54, 1.807) is 25.2 Å². The average molecular weight is 407 g/mol. The molecule has 8 heteroatoms. The molecular weight excluding hydrogens is 380 g/mol. The van der Waals surface area contributed by atoms with E-state index in [1.807, 2.05) is 47.5 Å². The molecule has 0 unspecified atom stereocenters. The first-order valence-electron chi connectivity index (χ1n) is 9.08. The predicted molar refractivity (Wildman–Crippen MR) is 112 cm³/mol. The largest absolute Gasteiger partial charge is 0.357 e. The summed E-state index contributed by atoms with van der Waals surface area (Å²) in [5.41, 5.74) is 2.02. The molecule has 1 saturated heterocycles. The van der Waals surface area contributed by atoms with Gasteiger partial charge in [0.25, 0.3) is 0 Å². The highest BCUT2D eigenvalue weighted by Crippen LogP contribution is 2.25. The summed E-state index contributed by atoms with van der Waals surface area (Å²) in [5.74, 6) is 0.897. The van der Waals surface area contributed by atoms with Gasteiger partial charge in [-0.1, -0.05) is 30.3 Å². The maximum absolute atomic E-state index is 12.3. The third-order valence-electron chi connectivity index (χ3n) is 4.64. The molecule has 0 saturated carbocycles. The van der Waals surface area contributed by atoms with Gasteiger partial charge < -0.3 is 10.2 Å². The first-order chi connectivity index (χ1) is 12.8. The summed E-state index contributed by atoms with van der Waals surface area (Å²) in [7, 11) is -3.07. The molecule has 1 aliphatic rings. The standard InChI is InChI=1S/C19H26N4O2S2/c1-4-20-18(23-10-11-27(24,25)19(2,3)14-23)21-12-16-13-26-17(22-16)15-8-6-5-7-9-15/h5-9,13H,4,10-12,14H2,1-3H3,(H,20,21). The zero-order chi connectivity index (χ0) is 19.5. The fourth-order valence-electron chi connectivity index (χ4n) is 3.00. The lowest BCUT2D eigenvalue weighted by Crippen LogP contribution is -2.57. The third kappa shape index (κ3) is 4.50. The molecule has 0 aliphatic carbocycles. The summed E-state index contributed by atoms with van der Waals surface area (Å²) in [6.45, 7) is 7.68. The number of rotatable bonds is 4. The molecule has 0 atom stereocenters. The Morgan fingerprint density at radius 2 is 2.07 bits per heavy atom. The molecule has 0 amide bonds. The Morgan fingerprint density at radius 1 is 1.33 bits per heavy atom. The maximum atomic E-state index is 12.3. The van der Waals surface area contributed by atoms with Crippen LogP contribution in [0.25, 0.3) is 10.6 Å². The molecule has 1 N–H and O–H groups in total. The Balaban J connectivity index is 1.74. The topological polar surface area (TPSA) is 74.7 Å². The molecule has 0 radical (unpaired) electrons. The number of hydrogen-bond acceptors (Lipinski definition) is 5. The van der Waals surface area contributed by atoms with Gasteiger partial charge in [-0.05, 0) is 20.8 Å². The van der Waals surface area contributed by atoms with Crippen LogP contribution in [0.1, 0.15) is 26.5 Å². The minimum atomic E-state index is -3.07. The van der Waals surface area contributed by atoms with Crippen LogP contribution in [0, 0.1) is 0 Å². The number of sulfone groups is 1. The summed E-state index contributed by atoms with van der Waals surface area (Å²) in [5, 5.41) is 6.29. The molecule has 1 aromatic heterocycles. The highest BCUT2D eigenvalue weighted by molar-refractivity contribution is 7.92. The first-order valence-corrected chi connectivity index (χ1v) is 11.6. The molecule has 1 aromatic carbocycles. The Bertz CT molecular complexity index is 905. The highest BCUT2D eigenvalue weighted by atomic mass is 32.2. The van der Waals surface area contributed by atoms with Crippen LogP contribution in [-0.2, 0) is 16.4 Å². The van der Waals surface area contributed by atoms with E-state index in [0.717, 1.165) is 28.8 Å². The van der Waals surface area contributed by atoms with Gasteiger partial charge in [-0.2, -0.15) is 0 Å². The molecule has 27 heavy (non-hydrogen) atoms. The van der Waals surface area contributed by atoms with Gasteiger partial charge in [0, 0.05) is 30.6 Å². The minimum Gasteiger partial charge on any atom is -0.357 e. The number of hydrogen-bond donors (Lipinski definition) is 1. The smallest absolute Gasteiger partial charge is 0.194 e. The molecule has 2 heterocycles. The number of guanidine groups is 1. The van der Waals surface area contributed by atoms with E-state index in [9.17, 15) is 8.42 Å². The molecular formula is C19H26N4O2S2. The summed E-state index contributed by atoms with van der Waals surface area (Å²) in [4.78, 5) is 11.4. The summed E-state index contributed by atoms with van der Waals surface area (Å²) < 4.78 is 23.7. The lowest BCUT2D eigenvalue weighted by Gasteiger charge is -2.39. The minimum absolute atomic E-state index is 0.152. The van der Waals surface area contributed by atoms with Crippen molar-refractivity contribution in [3.63, 3.8) is 0 Å². The number of thiazole rings is 1. The molecule has 1 fully saturated rings. The van der Waals surface area contributed by atoms with Crippen LogP contribution in [-0.4, -0.2) is 54.4 Å². The van der Waals surface area contributed by atoms with Gasteiger partial charge in [-0.3, -0.25) is 0 Å². The van der Waals surface area contributed by atoms with Crippen molar-refractivity contribution in [1.29, 1.82) is 0 Å². The average Bonchev–Trinajstić information content (AvgIpc) is 3.11. The quantitative estimate of drug-likeness (QED) is 0.624. The molecule has 6 nitrogen and oxygen atoms in total. The molecule has 2 aromatic rings. The number of nitrogens with one attached hydrogen (secondary N) is 1. The molecule has 146 valence electrons. The van der Waals surface area contributed by atoms with Crippen molar-refractivity contribution in [2.24, 2.45) is 4.99 Å². The van der Waals surface area contributed by atoms with E-state index in [1.165, 1.54) is 0 Å². The van der Waals surface area contributed by atoms with E-state index >= 15 is 0 Å². The van der Waals surface area contributed by atoms with Crippen molar-refractivity contribution in [3.05, 3.63) is 41.4 Å². The number of benzene rings is 1. The van der Waals surface area contributed by atoms with Crippen molar-refractivity contribution in [2.75, 3.05) is 25.4 Å². The number of nitrogens with zero attached hydrogens (tertiary/aromatic N) is 3. The maximum Gasteiger partial charge on any atom is 0.194 e. The van der Waals surface area contributed by atoms with Gasteiger partial charge in [0.05, 0.1) is 22.7 Å². The highest BCUT2D eigenvalue weighted by Gasteiger charge is 2.40. The number of aliphatic imine (C=N–C) groups is 1. The van der Waals surface area contributed by atoms with Crippen LogP contribution in [0.4, 0.5) is 0 Å². The predicted octanol–water partition coefficient (Wildman–Crippen LogP) is 2.78. The van der Waals surface area contributed by atoms with Gasteiger partial charge in [-0.25, -0.2) is 18.4 Å². The molecule has 3 rings (SSSR count). The summed E-state index contributed by atoms with van der Waals surface area (Å²) in [6, 6.07) is 10.1. The Labute approximate surface area is 165 Å². The second-order valence-electron chi connectivity index (χ2n) is 7.18. The molecule has 0 spiro atoms. The monoisotopic (exact) mass is 406 g/mol. The summed E-state index contributed by atoms with van der Waals surface area (Å²) in [6.07, 6.45) is 0. The van der Waals surface area contributed by atoms with E-state index in [0.29, 0.717) is 19.6 Å². The second-order valence-corrected chi connectivity index (χ2v) is 10.8. The van der Waals surface area contributed by atoms with Crippen LogP contribution >= 0.6 is 11.3 Å². The van der Waals surface area contributed by atoms with Crippen LogP contribution < -0.4 is 5.32 Å². The van der Waals surface area contributed by atoms with Gasteiger partial charge in [0.15, 0.2) is 15.8 Å². The first kappa shape index (κ1) is 19.8. The van der Waals surface area contributed by atoms with Crippen molar-refractivity contribution < 1.29 is 8.42 Å². The SMILES string of the molecule is CCNC(=NCc1csc(-c2ccccc2)n1)N1CCS(=O)(=O)C(C)(C)C1. The van der Waals surface area contributed by atoms with Gasteiger partial charge >= 0.3 is 0 Å². The van der Waals surface area contributed by atoms with Crippen LogP contribution in [0.3, 0.4) is 0 Å². The number of aromatic nitrogens is 1. The second kappa shape index (κ2) is 7.98. The van der Waals surface area contributed by atoms with E-state index in [2.05, 4.69) is 10.3 Å². The van der Waals surface area contributed by atoms with Crippen molar-refractivity contribution in [2.45, 2.75) is 32.1 Å². The van der Waals surface area contributed by atoms with Crippen LogP contribution in [0.5, 0.6) is 0 Å². The van der Waals surface area contributed by atoms with E-state index in [4.69, 9.17) is 4.99 Å². The van der Waals surface area contributed by atoms with Crippen molar-refractivity contribution >= 4 is 27.1 Å². The van der Waals surface area contributed by atoms with Gasteiger partial charge in [-0.15, -0.1) is 11.3 Å².